The number of para-hydroxylation sites is 5. The van der Waals surface area contributed by atoms with Crippen LogP contribution in [0.15, 0.2) is 277 Å². The lowest BCUT2D eigenvalue weighted by Gasteiger charge is -2.25. The minimum atomic E-state index is 0.830. The molecule has 0 saturated carbocycles. The largest absolute Gasteiger partial charge is 0.455 e. The number of hydrogen-bond acceptors (Lipinski definition) is 3. The second-order valence-corrected chi connectivity index (χ2v) is 16.9. The molecule has 0 unspecified atom stereocenters. The molecule has 0 atom stereocenters. The van der Waals surface area contributed by atoms with Crippen LogP contribution in [0.25, 0.3) is 72.4 Å². The second-order valence-electron chi connectivity index (χ2n) is 16.9. The van der Waals surface area contributed by atoms with Crippen LogP contribution in [0.4, 0.5) is 34.1 Å². The summed E-state index contributed by atoms with van der Waals surface area (Å²) in [6.45, 7) is 0. The van der Waals surface area contributed by atoms with Crippen LogP contribution in [-0.2, 0) is 0 Å². The van der Waals surface area contributed by atoms with Gasteiger partial charge in [-0.3, -0.25) is 0 Å². The van der Waals surface area contributed by atoms with Gasteiger partial charge < -0.3 is 18.8 Å². The number of anilines is 6. The Morgan fingerprint density at radius 1 is 0.294 bits per heavy atom. The highest BCUT2D eigenvalue weighted by atomic mass is 16.3. The second kappa shape index (κ2) is 17.7. The van der Waals surface area contributed by atoms with E-state index >= 15 is 0 Å². The van der Waals surface area contributed by atoms with Gasteiger partial charge in [-0.15, -0.1) is 0 Å². The fourth-order valence-corrected chi connectivity index (χ4v) is 9.72. The van der Waals surface area contributed by atoms with Crippen molar-refractivity contribution < 1.29 is 4.42 Å². The molecule has 0 amide bonds. The van der Waals surface area contributed by atoms with Crippen molar-refractivity contribution in [3.8, 4) is 50.5 Å². The summed E-state index contributed by atoms with van der Waals surface area (Å²) in [6, 6.07) is 96.8. The average Bonchev–Trinajstić information content (AvgIpc) is 3.96. The van der Waals surface area contributed by atoms with Crippen molar-refractivity contribution in [2.75, 3.05) is 9.80 Å². The molecule has 0 aliphatic rings. The monoisotopic (exact) mass is 871 g/mol. The minimum absolute atomic E-state index is 0.830. The lowest BCUT2D eigenvalue weighted by molar-refractivity contribution is 0.633. The Bertz CT molecular complexity index is 3530. The first-order valence-electron chi connectivity index (χ1n) is 23.1. The lowest BCUT2D eigenvalue weighted by atomic mass is 9.96. The van der Waals surface area contributed by atoms with E-state index in [2.05, 4.69) is 287 Å². The Hall–Kier alpha value is -9.12. The fraction of sp³-hybridized carbons (Fsp3) is 0. The van der Waals surface area contributed by atoms with Crippen molar-refractivity contribution >= 4 is 56.0 Å². The topological polar surface area (TPSA) is 24.6 Å². The zero-order chi connectivity index (χ0) is 45.2. The van der Waals surface area contributed by atoms with E-state index in [9.17, 15) is 0 Å². The van der Waals surface area contributed by atoms with Crippen LogP contribution in [0.1, 0.15) is 0 Å². The number of benzene rings is 10. The number of hydrogen-bond donors (Lipinski definition) is 0. The fourth-order valence-electron chi connectivity index (χ4n) is 9.72. The van der Waals surface area contributed by atoms with E-state index in [0.29, 0.717) is 0 Å². The smallest absolute Gasteiger partial charge is 0.143 e. The van der Waals surface area contributed by atoms with Crippen molar-refractivity contribution in [1.82, 2.24) is 4.57 Å². The standard InChI is InChI=1S/C64H45N3O/c1-8-22-46(23-9-1)61-57-45-60-58(62(47-24-10-2-11-25-47)64(68-60)49-38-42-56(43-39-49)66(52-30-16-5-17-31-52)53-32-18-6-19-33-53)44-59(57)67(54-34-20-7-21-35-54)63(61)48-36-40-55(41-37-48)65(50-26-12-3-13-27-50)51-28-14-4-15-29-51/h1-45H. The van der Waals surface area contributed by atoms with E-state index in [1.54, 1.807) is 0 Å². The number of nitrogens with zero attached hydrogens (tertiary/aromatic N) is 3. The molecular formula is C64H45N3O. The van der Waals surface area contributed by atoms with Crippen LogP contribution in [0, 0.1) is 0 Å². The number of furan rings is 1. The lowest BCUT2D eigenvalue weighted by Crippen LogP contribution is -2.09. The predicted molar refractivity (Wildman–Crippen MR) is 284 cm³/mol. The Kier molecular flexibility index (Phi) is 10.5. The Labute approximate surface area is 396 Å². The van der Waals surface area contributed by atoms with Gasteiger partial charge in [-0.2, -0.15) is 0 Å². The average molecular weight is 872 g/mol. The molecule has 2 heterocycles. The van der Waals surface area contributed by atoms with E-state index in [1.807, 2.05) is 0 Å². The van der Waals surface area contributed by atoms with Gasteiger partial charge in [0.25, 0.3) is 0 Å². The van der Waals surface area contributed by atoms with E-state index in [-0.39, 0.29) is 0 Å². The molecule has 2 aromatic heterocycles. The van der Waals surface area contributed by atoms with Crippen LogP contribution in [-0.4, -0.2) is 4.57 Å². The quantitative estimate of drug-likeness (QED) is 0.129. The van der Waals surface area contributed by atoms with Gasteiger partial charge in [-0.05, 0) is 126 Å². The summed E-state index contributed by atoms with van der Waals surface area (Å²) in [4.78, 5) is 4.59. The normalized spacial score (nSPS) is 11.2. The summed E-state index contributed by atoms with van der Waals surface area (Å²) in [5.74, 6) is 0.834. The molecule has 4 heteroatoms. The van der Waals surface area contributed by atoms with E-state index < -0.39 is 0 Å². The van der Waals surface area contributed by atoms with Crippen molar-refractivity contribution in [2.45, 2.75) is 0 Å². The van der Waals surface area contributed by atoms with Crippen LogP contribution >= 0.6 is 0 Å². The molecule has 0 N–H and O–H groups in total. The first-order chi connectivity index (χ1) is 33.8. The third-order valence-corrected chi connectivity index (χ3v) is 12.8. The molecule has 68 heavy (non-hydrogen) atoms. The number of fused-ring (bicyclic) bond motifs is 2. The molecular weight excluding hydrogens is 827 g/mol. The summed E-state index contributed by atoms with van der Waals surface area (Å²) in [5.41, 5.74) is 17.2. The highest BCUT2D eigenvalue weighted by molar-refractivity contribution is 6.14. The van der Waals surface area contributed by atoms with Gasteiger partial charge in [0.05, 0.1) is 11.2 Å². The number of rotatable bonds is 11. The number of aromatic nitrogens is 1. The Balaban J connectivity index is 1.07. The summed E-state index contributed by atoms with van der Waals surface area (Å²) in [5, 5.41) is 2.16. The molecule has 322 valence electrons. The summed E-state index contributed by atoms with van der Waals surface area (Å²) < 4.78 is 9.61. The molecule has 0 radical (unpaired) electrons. The molecule has 4 nitrogen and oxygen atoms in total. The Morgan fingerprint density at radius 3 is 1.10 bits per heavy atom. The summed E-state index contributed by atoms with van der Waals surface area (Å²) >= 11 is 0. The Morgan fingerprint density at radius 2 is 0.662 bits per heavy atom. The molecule has 0 fully saturated rings. The van der Waals surface area contributed by atoms with Crippen LogP contribution in [0.5, 0.6) is 0 Å². The maximum atomic E-state index is 7.17. The summed E-state index contributed by atoms with van der Waals surface area (Å²) in [7, 11) is 0. The first kappa shape index (κ1) is 40.4. The van der Waals surface area contributed by atoms with Crippen LogP contribution < -0.4 is 9.80 Å². The maximum absolute atomic E-state index is 7.17. The zero-order valence-corrected chi connectivity index (χ0v) is 37.2. The van der Waals surface area contributed by atoms with Gasteiger partial charge in [-0.25, -0.2) is 0 Å². The van der Waals surface area contributed by atoms with Crippen molar-refractivity contribution in [3.63, 3.8) is 0 Å². The SMILES string of the molecule is c1ccc(-c2c(-c3ccc(N(c4ccccc4)c4ccccc4)cc3)oc3cc4c(-c5ccccc5)c(-c5ccc(N(c6ccccc6)c6ccccc6)cc5)n(-c5ccccc5)c4cc23)cc1. The maximum Gasteiger partial charge on any atom is 0.143 e. The van der Waals surface area contributed by atoms with Gasteiger partial charge in [0.15, 0.2) is 0 Å². The molecule has 0 saturated heterocycles. The zero-order valence-electron chi connectivity index (χ0n) is 37.2. The molecule has 0 aliphatic carbocycles. The van der Waals surface area contributed by atoms with Crippen LogP contribution in [0.3, 0.4) is 0 Å². The third-order valence-electron chi connectivity index (χ3n) is 12.8. The van der Waals surface area contributed by atoms with Gasteiger partial charge in [0.1, 0.15) is 11.3 Å². The van der Waals surface area contributed by atoms with Crippen molar-refractivity contribution in [3.05, 3.63) is 273 Å². The third kappa shape index (κ3) is 7.40. The van der Waals surface area contributed by atoms with Crippen molar-refractivity contribution in [2.24, 2.45) is 0 Å². The van der Waals surface area contributed by atoms with E-state index in [1.165, 1.54) is 0 Å². The molecule has 0 aliphatic heterocycles. The van der Waals surface area contributed by atoms with Gasteiger partial charge in [0.2, 0.25) is 0 Å². The van der Waals surface area contributed by atoms with Gasteiger partial charge in [-0.1, -0.05) is 164 Å². The molecule has 0 spiro atoms. The highest BCUT2D eigenvalue weighted by Gasteiger charge is 2.26. The van der Waals surface area contributed by atoms with Gasteiger partial charge >= 0.3 is 0 Å². The van der Waals surface area contributed by atoms with Gasteiger partial charge in [0, 0.05) is 67.3 Å². The molecule has 12 aromatic rings. The molecule has 10 aromatic carbocycles. The minimum Gasteiger partial charge on any atom is -0.455 e. The molecule has 12 rings (SSSR count). The van der Waals surface area contributed by atoms with E-state index in [4.69, 9.17) is 4.42 Å². The first-order valence-corrected chi connectivity index (χ1v) is 23.1. The van der Waals surface area contributed by atoms with E-state index in [0.717, 1.165) is 107 Å². The van der Waals surface area contributed by atoms with Crippen LogP contribution in [0.2, 0.25) is 0 Å². The highest BCUT2D eigenvalue weighted by Crippen LogP contribution is 2.49. The molecule has 0 bridgehead atoms. The predicted octanol–water partition coefficient (Wildman–Crippen LogP) is 18.0. The summed E-state index contributed by atoms with van der Waals surface area (Å²) in [6.07, 6.45) is 0. The van der Waals surface area contributed by atoms with Crippen molar-refractivity contribution in [1.29, 1.82) is 0 Å².